The van der Waals surface area contributed by atoms with Crippen LogP contribution < -0.4 is 11.1 Å². The Labute approximate surface area is 174 Å². The molecule has 0 bridgehead atoms. The molecule has 1 aliphatic heterocycles. The number of aromatic nitrogens is 3. The third-order valence-corrected chi connectivity index (χ3v) is 5.19. The number of likely N-dealkylation sites (tertiary alicyclic amines) is 1. The number of pyridine rings is 1. The van der Waals surface area contributed by atoms with E-state index in [1.54, 1.807) is 35.5 Å². The fourth-order valence-electron chi connectivity index (χ4n) is 3.50. The van der Waals surface area contributed by atoms with E-state index in [1.807, 2.05) is 13.8 Å². The molecule has 0 radical (unpaired) electrons. The molecule has 1 fully saturated rings. The molecule has 1 saturated heterocycles. The van der Waals surface area contributed by atoms with E-state index in [0.29, 0.717) is 36.2 Å². The number of anilines is 2. The Morgan fingerprint density at radius 3 is 2.70 bits per heavy atom. The van der Waals surface area contributed by atoms with Gasteiger partial charge < -0.3 is 10.6 Å². The van der Waals surface area contributed by atoms with Crippen molar-refractivity contribution < 1.29 is 9.18 Å². The summed E-state index contributed by atoms with van der Waals surface area (Å²) in [4.78, 5) is 27.4. The van der Waals surface area contributed by atoms with Crippen LogP contribution in [0.2, 0.25) is 0 Å². The molecule has 7 nitrogen and oxygen atoms in total. The smallest absolute Gasteiger partial charge is 0.323 e. The lowest BCUT2D eigenvalue weighted by Crippen LogP contribution is -2.52. The average molecular weight is 406 g/mol. The van der Waals surface area contributed by atoms with Crippen molar-refractivity contribution in [3.63, 3.8) is 0 Å². The third-order valence-electron chi connectivity index (χ3n) is 5.19. The summed E-state index contributed by atoms with van der Waals surface area (Å²) in [6.45, 7) is 4.99. The van der Waals surface area contributed by atoms with Crippen molar-refractivity contribution in [1.29, 1.82) is 0 Å². The number of benzene rings is 1. The molecule has 0 aliphatic carbocycles. The molecule has 1 aromatic carbocycles. The number of aryl methyl sites for hydroxylation is 2. The predicted octanol–water partition coefficient (Wildman–Crippen LogP) is 3.58. The van der Waals surface area contributed by atoms with Crippen LogP contribution in [0.3, 0.4) is 0 Å². The van der Waals surface area contributed by atoms with Gasteiger partial charge in [-0.25, -0.2) is 14.2 Å². The largest absolute Gasteiger partial charge is 0.396 e. The van der Waals surface area contributed by atoms with Gasteiger partial charge in [0.05, 0.1) is 22.8 Å². The number of amides is 2. The van der Waals surface area contributed by atoms with Crippen LogP contribution >= 0.6 is 0 Å². The van der Waals surface area contributed by atoms with Crippen molar-refractivity contribution in [3.8, 4) is 11.3 Å². The molecule has 30 heavy (non-hydrogen) atoms. The van der Waals surface area contributed by atoms with Gasteiger partial charge in [-0.05, 0) is 62.1 Å². The van der Waals surface area contributed by atoms with Crippen molar-refractivity contribution in [3.05, 3.63) is 65.5 Å². The molecule has 2 aromatic heterocycles. The number of halogens is 1. The molecule has 0 saturated carbocycles. The Balaban J connectivity index is 1.39. The molecule has 3 N–H and O–H groups in total. The number of hydrogen-bond acceptors (Lipinski definition) is 5. The SMILES string of the molecule is Cc1cnc(CC2CN(C(=O)Nc3nc(-c4ccc(F)cc4C)ccc3N)C2)cn1. The first kappa shape index (κ1) is 19.8. The minimum absolute atomic E-state index is 0.242. The van der Waals surface area contributed by atoms with Crippen LogP contribution in [0.15, 0.2) is 42.7 Å². The Bertz CT molecular complexity index is 1080. The van der Waals surface area contributed by atoms with Crippen molar-refractivity contribution in [2.24, 2.45) is 5.92 Å². The van der Waals surface area contributed by atoms with Gasteiger partial charge in [-0.15, -0.1) is 0 Å². The lowest BCUT2D eigenvalue weighted by Gasteiger charge is -2.39. The number of nitrogens with two attached hydrogens (primary N) is 1. The third kappa shape index (κ3) is 4.22. The van der Waals surface area contributed by atoms with Gasteiger partial charge in [-0.2, -0.15) is 0 Å². The molecular formula is C22H23FN6O. The minimum Gasteiger partial charge on any atom is -0.396 e. The standard InChI is InChI=1S/C22H23FN6O/c1-13-7-16(23)3-4-18(13)20-6-5-19(24)21(27-20)28-22(30)29-11-15(12-29)8-17-10-25-14(2)9-26-17/h3-7,9-10,15H,8,11-12,24H2,1-2H3,(H,27,28,30). The first-order valence-corrected chi connectivity index (χ1v) is 9.75. The van der Waals surface area contributed by atoms with Crippen LogP contribution in [0.5, 0.6) is 0 Å². The molecule has 154 valence electrons. The lowest BCUT2D eigenvalue weighted by molar-refractivity contribution is 0.130. The molecule has 3 aromatic rings. The van der Waals surface area contributed by atoms with Gasteiger partial charge in [-0.1, -0.05) is 0 Å². The maximum atomic E-state index is 13.4. The number of nitrogens with zero attached hydrogens (tertiary/aromatic N) is 4. The first-order chi connectivity index (χ1) is 14.4. The Morgan fingerprint density at radius 2 is 2.00 bits per heavy atom. The van der Waals surface area contributed by atoms with Gasteiger partial charge >= 0.3 is 6.03 Å². The summed E-state index contributed by atoms with van der Waals surface area (Å²) in [6.07, 6.45) is 4.32. The van der Waals surface area contributed by atoms with E-state index < -0.39 is 0 Å². The maximum absolute atomic E-state index is 13.4. The highest BCUT2D eigenvalue weighted by molar-refractivity contribution is 5.92. The summed E-state index contributed by atoms with van der Waals surface area (Å²) in [7, 11) is 0. The van der Waals surface area contributed by atoms with Crippen LogP contribution in [-0.4, -0.2) is 39.0 Å². The summed E-state index contributed by atoms with van der Waals surface area (Å²) < 4.78 is 13.4. The molecule has 8 heteroatoms. The Kier molecular flexibility index (Phi) is 5.31. The summed E-state index contributed by atoms with van der Waals surface area (Å²) in [5.41, 5.74) is 10.4. The quantitative estimate of drug-likeness (QED) is 0.690. The molecule has 4 rings (SSSR count). The average Bonchev–Trinajstić information content (AvgIpc) is 2.67. The van der Waals surface area contributed by atoms with E-state index in [1.165, 1.54) is 12.1 Å². The zero-order valence-electron chi connectivity index (χ0n) is 16.9. The first-order valence-electron chi connectivity index (χ1n) is 9.75. The van der Waals surface area contributed by atoms with Crippen LogP contribution in [0.25, 0.3) is 11.3 Å². The Morgan fingerprint density at radius 1 is 1.20 bits per heavy atom. The fraction of sp³-hybridized carbons (Fsp3) is 0.273. The zero-order chi connectivity index (χ0) is 21.3. The second-order valence-electron chi connectivity index (χ2n) is 7.65. The molecule has 3 heterocycles. The van der Waals surface area contributed by atoms with Crippen LogP contribution in [0.1, 0.15) is 17.0 Å². The highest BCUT2D eigenvalue weighted by Gasteiger charge is 2.31. The monoisotopic (exact) mass is 406 g/mol. The number of carbonyl (C=O) groups is 1. The van der Waals surface area contributed by atoms with Crippen LogP contribution in [-0.2, 0) is 6.42 Å². The van der Waals surface area contributed by atoms with E-state index in [2.05, 4.69) is 20.3 Å². The van der Waals surface area contributed by atoms with Crippen molar-refractivity contribution >= 4 is 17.5 Å². The molecule has 2 amide bonds. The highest BCUT2D eigenvalue weighted by atomic mass is 19.1. The fourth-order valence-corrected chi connectivity index (χ4v) is 3.50. The van der Waals surface area contributed by atoms with E-state index in [0.717, 1.165) is 28.9 Å². The number of hydrogen-bond donors (Lipinski definition) is 2. The molecule has 0 unspecified atom stereocenters. The molecule has 1 aliphatic rings. The van der Waals surface area contributed by atoms with Crippen LogP contribution in [0, 0.1) is 25.6 Å². The minimum atomic E-state index is -0.302. The van der Waals surface area contributed by atoms with Gasteiger partial charge in [-0.3, -0.25) is 15.3 Å². The van der Waals surface area contributed by atoms with E-state index >= 15 is 0 Å². The molecule has 0 atom stereocenters. The number of urea groups is 1. The Hall–Kier alpha value is -3.55. The number of nitrogens with one attached hydrogen (secondary N) is 1. The van der Waals surface area contributed by atoms with E-state index in [4.69, 9.17) is 5.73 Å². The second kappa shape index (κ2) is 8.06. The maximum Gasteiger partial charge on any atom is 0.323 e. The normalized spacial score (nSPS) is 13.8. The summed E-state index contributed by atoms with van der Waals surface area (Å²) >= 11 is 0. The number of rotatable bonds is 4. The zero-order valence-corrected chi connectivity index (χ0v) is 16.9. The summed E-state index contributed by atoms with van der Waals surface area (Å²) in [5, 5.41) is 2.79. The van der Waals surface area contributed by atoms with Crippen molar-refractivity contribution in [2.75, 3.05) is 24.1 Å². The van der Waals surface area contributed by atoms with Gasteiger partial charge in [0, 0.05) is 31.0 Å². The summed E-state index contributed by atoms with van der Waals surface area (Å²) in [6, 6.07) is 7.71. The van der Waals surface area contributed by atoms with Gasteiger partial charge in [0.1, 0.15) is 5.82 Å². The van der Waals surface area contributed by atoms with E-state index in [-0.39, 0.29) is 11.8 Å². The second-order valence-corrected chi connectivity index (χ2v) is 7.65. The van der Waals surface area contributed by atoms with Gasteiger partial charge in [0.15, 0.2) is 5.82 Å². The predicted molar refractivity (Wildman–Crippen MR) is 113 cm³/mol. The molecular weight excluding hydrogens is 383 g/mol. The lowest BCUT2D eigenvalue weighted by atomic mass is 9.95. The van der Waals surface area contributed by atoms with Gasteiger partial charge in [0.25, 0.3) is 0 Å². The van der Waals surface area contributed by atoms with Crippen LogP contribution in [0.4, 0.5) is 20.7 Å². The topological polar surface area (TPSA) is 97.0 Å². The summed E-state index contributed by atoms with van der Waals surface area (Å²) in [5.74, 6) is 0.351. The van der Waals surface area contributed by atoms with Crippen molar-refractivity contribution in [1.82, 2.24) is 19.9 Å². The number of carbonyl (C=O) groups excluding carboxylic acids is 1. The highest BCUT2D eigenvalue weighted by Crippen LogP contribution is 2.27. The van der Waals surface area contributed by atoms with Crippen molar-refractivity contribution in [2.45, 2.75) is 20.3 Å². The van der Waals surface area contributed by atoms with Gasteiger partial charge in [0.2, 0.25) is 0 Å². The number of nitrogen functional groups attached to an aromatic ring is 1. The molecule has 0 spiro atoms. The van der Waals surface area contributed by atoms with E-state index in [9.17, 15) is 9.18 Å².